The maximum absolute atomic E-state index is 12.5. The van der Waals surface area contributed by atoms with Crippen LogP contribution < -0.4 is 9.47 Å². The van der Waals surface area contributed by atoms with Crippen LogP contribution in [-0.4, -0.2) is 94.3 Å². The van der Waals surface area contributed by atoms with E-state index in [-0.39, 0.29) is 23.9 Å². The molecule has 2 heterocycles. The molecule has 2 amide bonds. The zero-order valence-electron chi connectivity index (χ0n) is 29.2. The third-order valence-corrected chi connectivity index (χ3v) is 9.25. The Morgan fingerprint density at radius 3 is 2.28 bits per heavy atom. The second-order valence-corrected chi connectivity index (χ2v) is 14.7. The molecular weight excluding hydrogens is 727 g/mol. The minimum atomic E-state index is -0.607. The fourth-order valence-corrected chi connectivity index (χ4v) is 7.00. The standard InChI is InChI=1S/C20H29NO5S.C15H16Cl3N3O2/c1-6-25-18(22)17-11-16(12-21(17)19(23)26-20(2,3)4)27-13-14-7-9-15(24-5)10-8-14;1-2-4-20(15(22)21-5-3-19-10-21)6-7-23-14-12(17)8-11(16)9-13(14)18/h7-10,16-17H,6,11-13H2,1-5H3;3,5,8-10H,2,4,6-7H2,1H3/t16-,17-;/m0./s1. The van der Waals surface area contributed by atoms with Gasteiger partial charge in [0.15, 0.2) is 5.75 Å². The minimum absolute atomic E-state index is 0.147. The van der Waals surface area contributed by atoms with Crippen LogP contribution >= 0.6 is 46.6 Å². The van der Waals surface area contributed by atoms with Crippen LogP contribution in [0.25, 0.3) is 0 Å². The topological polar surface area (TPSA) is 112 Å². The normalized spacial score (nSPS) is 15.5. The second-order valence-electron chi connectivity index (χ2n) is 12.2. The van der Waals surface area contributed by atoms with E-state index in [1.165, 1.54) is 21.4 Å². The zero-order valence-corrected chi connectivity index (χ0v) is 32.3. The van der Waals surface area contributed by atoms with Crippen molar-refractivity contribution in [3.63, 3.8) is 0 Å². The summed E-state index contributed by atoms with van der Waals surface area (Å²) >= 11 is 19.7. The molecule has 1 aliphatic rings. The van der Waals surface area contributed by atoms with Crippen molar-refractivity contribution in [2.75, 3.05) is 40.0 Å². The largest absolute Gasteiger partial charge is 0.497 e. The van der Waals surface area contributed by atoms with Crippen molar-refractivity contribution in [3.05, 3.63) is 75.8 Å². The van der Waals surface area contributed by atoms with E-state index in [1.807, 2.05) is 52.0 Å². The van der Waals surface area contributed by atoms with Crippen molar-refractivity contribution in [2.24, 2.45) is 0 Å². The Kier molecular flexibility index (Phi) is 16.4. The van der Waals surface area contributed by atoms with Gasteiger partial charge in [0.25, 0.3) is 0 Å². The molecule has 3 aromatic rings. The number of esters is 1. The molecule has 0 spiro atoms. The molecule has 50 heavy (non-hydrogen) atoms. The summed E-state index contributed by atoms with van der Waals surface area (Å²) in [7, 11) is 1.64. The molecule has 2 aromatic carbocycles. The van der Waals surface area contributed by atoms with Gasteiger partial charge in [0.1, 0.15) is 30.3 Å². The summed E-state index contributed by atoms with van der Waals surface area (Å²) in [5, 5.41) is 1.26. The number of rotatable bonds is 12. The Morgan fingerprint density at radius 1 is 1.04 bits per heavy atom. The predicted molar refractivity (Wildman–Crippen MR) is 198 cm³/mol. The number of imidazole rings is 1. The summed E-state index contributed by atoms with van der Waals surface area (Å²) in [5.41, 5.74) is 0.564. The summed E-state index contributed by atoms with van der Waals surface area (Å²) < 4.78 is 22.9. The number of nitrogens with zero attached hydrogens (tertiary/aromatic N) is 4. The van der Waals surface area contributed by atoms with E-state index in [0.29, 0.717) is 53.5 Å². The lowest BCUT2D eigenvalue weighted by atomic mass is 10.2. The fourth-order valence-electron chi connectivity index (χ4n) is 4.87. The average molecular weight is 772 g/mol. The molecule has 0 bridgehead atoms. The molecule has 0 radical (unpaired) electrons. The Labute approximate surface area is 313 Å². The molecule has 4 rings (SSSR count). The predicted octanol–water partition coefficient (Wildman–Crippen LogP) is 8.47. The lowest BCUT2D eigenvalue weighted by molar-refractivity contribution is -0.148. The van der Waals surface area contributed by atoms with Crippen LogP contribution in [0.15, 0.2) is 55.1 Å². The number of halogens is 3. The molecule has 0 N–H and O–H groups in total. The molecule has 11 nitrogen and oxygen atoms in total. The highest BCUT2D eigenvalue weighted by Crippen LogP contribution is 2.36. The molecule has 1 saturated heterocycles. The van der Waals surface area contributed by atoms with Crippen molar-refractivity contribution in [1.82, 2.24) is 19.4 Å². The van der Waals surface area contributed by atoms with Gasteiger partial charge in [-0.3, -0.25) is 9.47 Å². The number of benzene rings is 2. The third-order valence-electron chi connectivity index (χ3n) is 7.15. The molecule has 1 fully saturated rings. The quantitative estimate of drug-likeness (QED) is 0.167. The molecule has 0 aliphatic carbocycles. The van der Waals surface area contributed by atoms with Gasteiger partial charge in [0, 0.05) is 41.5 Å². The summed E-state index contributed by atoms with van der Waals surface area (Å²) in [5.74, 6) is 1.62. The zero-order chi connectivity index (χ0) is 36.8. The highest BCUT2D eigenvalue weighted by atomic mass is 35.5. The van der Waals surface area contributed by atoms with E-state index >= 15 is 0 Å². The first-order chi connectivity index (χ1) is 23.8. The van der Waals surface area contributed by atoms with E-state index < -0.39 is 17.7 Å². The van der Waals surface area contributed by atoms with Gasteiger partial charge in [0.05, 0.1) is 30.3 Å². The number of aromatic nitrogens is 2. The van der Waals surface area contributed by atoms with E-state index in [0.717, 1.165) is 17.9 Å². The average Bonchev–Trinajstić information content (AvgIpc) is 3.75. The SMILES string of the molecule is CCCN(CCOc1c(Cl)cc(Cl)cc1Cl)C(=O)n1ccnc1.CCOC(=O)[C@@H]1C[C@H](SCc2ccc(OC)cc2)CN1C(=O)OC(C)(C)C. The van der Waals surface area contributed by atoms with Gasteiger partial charge in [-0.05, 0) is 70.4 Å². The Morgan fingerprint density at radius 2 is 1.72 bits per heavy atom. The van der Waals surface area contributed by atoms with Gasteiger partial charge < -0.3 is 23.8 Å². The summed E-state index contributed by atoms with van der Waals surface area (Å²) in [6, 6.07) is 10.3. The number of likely N-dealkylation sites (tertiary alicyclic amines) is 1. The Balaban J connectivity index is 0.000000274. The summed E-state index contributed by atoms with van der Waals surface area (Å²) in [4.78, 5) is 44.3. The number of carbonyl (C=O) groups is 3. The monoisotopic (exact) mass is 770 g/mol. The number of amides is 2. The number of hydrogen-bond acceptors (Lipinski definition) is 9. The molecule has 1 aliphatic heterocycles. The van der Waals surface area contributed by atoms with Gasteiger partial charge in [0.2, 0.25) is 0 Å². The van der Waals surface area contributed by atoms with Crippen molar-refractivity contribution in [1.29, 1.82) is 0 Å². The number of thioether (sulfide) groups is 1. The number of methoxy groups -OCH3 is 1. The van der Waals surface area contributed by atoms with Crippen LogP contribution in [0.5, 0.6) is 11.5 Å². The molecule has 1 aromatic heterocycles. The summed E-state index contributed by atoms with van der Waals surface area (Å²) in [6.07, 6.45) is 5.58. The molecular formula is C35H45Cl3N4O7S. The smallest absolute Gasteiger partial charge is 0.411 e. The van der Waals surface area contributed by atoms with Crippen LogP contribution in [0.4, 0.5) is 9.59 Å². The van der Waals surface area contributed by atoms with Crippen LogP contribution in [0.3, 0.4) is 0 Å². The number of hydrogen-bond donors (Lipinski definition) is 0. The van der Waals surface area contributed by atoms with E-state index in [9.17, 15) is 14.4 Å². The second kappa shape index (κ2) is 19.9. The Bertz CT molecular complexity index is 1510. The van der Waals surface area contributed by atoms with Gasteiger partial charge >= 0.3 is 18.1 Å². The molecule has 0 saturated carbocycles. The number of ether oxygens (including phenoxy) is 4. The van der Waals surface area contributed by atoms with Crippen LogP contribution in [0.2, 0.25) is 15.1 Å². The van der Waals surface area contributed by atoms with Crippen molar-refractivity contribution < 1.29 is 33.3 Å². The maximum atomic E-state index is 12.5. The molecule has 0 unspecified atom stereocenters. The van der Waals surface area contributed by atoms with Gasteiger partial charge in [-0.2, -0.15) is 11.8 Å². The first-order valence-electron chi connectivity index (χ1n) is 16.2. The van der Waals surface area contributed by atoms with Crippen LogP contribution in [0.1, 0.15) is 53.0 Å². The lowest BCUT2D eigenvalue weighted by Gasteiger charge is -2.27. The van der Waals surface area contributed by atoms with Crippen molar-refractivity contribution >= 4 is 64.7 Å². The van der Waals surface area contributed by atoms with Crippen LogP contribution in [0, 0.1) is 0 Å². The fraction of sp³-hybridized carbons (Fsp3) is 0.486. The highest BCUT2D eigenvalue weighted by Gasteiger charge is 2.42. The molecule has 274 valence electrons. The summed E-state index contributed by atoms with van der Waals surface area (Å²) in [6.45, 7) is 11.3. The van der Waals surface area contributed by atoms with E-state index in [4.69, 9.17) is 53.8 Å². The molecule has 15 heteroatoms. The minimum Gasteiger partial charge on any atom is -0.497 e. The maximum Gasteiger partial charge on any atom is 0.411 e. The highest BCUT2D eigenvalue weighted by molar-refractivity contribution is 7.99. The molecule has 2 atom stereocenters. The Hall–Kier alpha value is -3.32. The lowest BCUT2D eigenvalue weighted by Crippen LogP contribution is -2.44. The van der Waals surface area contributed by atoms with Gasteiger partial charge in [-0.15, -0.1) is 0 Å². The third kappa shape index (κ3) is 12.8. The first-order valence-corrected chi connectivity index (χ1v) is 18.4. The number of carbonyl (C=O) groups excluding carboxylic acids is 3. The van der Waals surface area contributed by atoms with Crippen LogP contribution in [-0.2, 0) is 20.0 Å². The van der Waals surface area contributed by atoms with Crippen molar-refractivity contribution in [2.45, 2.75) is 70.1 Å². The van der Waals surface area contributed by atoms with E-state index in [1.54, 1.807) is 55.2 Å². The van der Waals surface area contributed by atoms with Gasteiger partial charge in [-0.1, -0.05) is 53.9 Å². The van der Waals surface area contributed by atoms with E-state index in [2.05, 4.69) is 4.98 Å². The van der Waals surface area contributed by atoms with Crippen molar-refractivity contribution in [3.8, 4) is 11.5 Å². The first kappa shape index (κ1) is 41.1. The van der Waals surface area contributed by atoms with Gasteiger partial charge in [-0.25, -0.2) is 19.4 Å².